The van der Waals surface area contributed by atoms with Gasteiger partial charge in [0, 0.05) is 13.1 Å². The Kier molecular flexibility index (Phi) is 8.81. The van der Waals surface area contributed by atoms with Crippen LogP contribution in [0.25, 0.3) is 0 Å². The minimum atomic E-state index is -0.821. The van der Waals surface area contributed by atoms with Gasteiger partial charge in [-0.15, -0.1) is 0 Å². The molecule has 7 nitrogen and oxygen atoms in total. The van der Waals surface area contributed by atoms with Gasteiger partial charge in [0.2, 0.25) is 11.8 Å². The van der Waals surface area contributed by atoms with Crippen molar-refractivity contribution in [2.24, 2.45) is 0 Å². The summed E-state index contributed by atoms with van der Waals surface area (Å²) < 4.78 is 5.20. The molecule has 0 aromatic heterocycles. The maximum Gasteiger partial charge on any atom is 0.408 e. The molecule has 0 bridgehead atoms. The number of carbonyl (C=O) groups excluding carboxylic acids is 3. The number of carbonyl (C=O) groups is 3. The van der Waals surface area contributed by atoms with E-state index in [2.05, 4.69) is 10.6 Å². The second-order valence-electron chi connectivity index (χ2n) is 8.50. The average Bonchev–Trinajstić information content (AvgIpc) is 2.74. The molecule has 0 aliphatic heterocycles. The van der Waals surface area contributed by atoms with Gasteiger partial charge >= 0.3 is 6.09 Å². The van der Waals surface area contributed by atoms with Crippen LogP contribution in [-0.2, 0) is 20.9 Å². The van der Waals surface area contributed by atoms with Gasteiger partial charge in [0.25, 0.3) is 0 Å². The number of ether oxygens (including phenoxy) is 1. The number of alkyl carbamates (subject to hydrolysis) is 1. The Morgan fingerprint density at radius 1 is 0.969 bits per heavy atom. The molecule has 0 saturated heterocycles. The van der Waals surface area contributed by atoms with Gasteiger partial charge in [-0.3, -0.25) is 9.59 Å². The lowest BCUT2D eigenvalue weighted by Gasteiger charge is -2.31. The van der Waals surface area contributed by atoms with E-state index in [0.717, 1.165) is 16.7 Å². The highest BCUT2D eigenvalue weighted by atomic mass is 16.6. The molecule has 2 aromatic rings. The normalized spacial score (nSPS) is 11.9. The molecule has 0 aliphatic rings. The minimum absolute atomic E-state index is 0.267. The summed E-state index contributed by atoms with van der Waals surface area (Å²) in [5.74, 6) is -0.655. The van der Waals surface area contributed by atoms with E-state index >= 15 is 0 Å². The van der Waals surface area contributed by atoms with E-state index in [9.17, 15) is 14.4 Å². The van der Waals surface area contributed by atoms with Crippen molar-refractivity contribution in [3.63, 3.8) is 0 Å². The third-order valence-electron chi connectivity index (χ3n) is 4.80. The highest BCUT2D eigenvalue weighted by Crippen LogP contribution is 2.24. The maximum atomic E-state index is 13.3. The molecule has 1 unspecified atom stereocenters. The van der Waals surface area contributed by atoms with E-state index in [4.69, 9.17) is 4.74 Å². The fourth-order valence-electron chi connectivity index (χ4n) is 3.29. The van der Waals surface area contributed by atoms with Crippen LogP contribution in [0.5, 0.6) is 0 Å². The molecule has 0 saturated carbocycles. The third-order valence-corrected chi connectivity index (χ3v) is 4.80. The van der Waals surface area contributed by atoms with E-state index < -0.39 is 17.7 Å². The third kappa shape index (κ3) is 7.41. The summed E-state index contributed by atoms with van der Waals surface area (Å²) in [6.07, 6.45) is -0.678. The molecule has 0 fully saturated rings. The summed E-state index contributed by atoms with van der Waals surface area (Å²) in [5, 5.41) is 5.43. The van der Waals surface area contributed by atoms with E-state index in [0.29, 0.717) is 13.1 Å². The van der Waals surface area contributed by atoms with Crippen LogP contribution in [0, 0.1) is 6.92 Å². The number of amides is 3. The molecule has 0 radical (unpaired) electrons. The van der Waals surface area contributed by atoms with Gasteiger partial charge in [-0.05, 0) is 51.3 Å². The Morgan fingerprint density at radius 2 is 1.59 bits per heavy atom. The van der Waals surface area contributed by atoms with Crippen molar-refractivity contribution >= 4 is 17.9 Å². The molecule has 2 N–H and O–H groups in total. The molecule has 7 heteroatoms. The van der Waals surface area contributed by atoms with Gasteiger partial charge in [0.15, 0.2) is 0 Å². The summed E-state index contributed by atoms with van der Waals surface area (Å²) in [7, 11) is 0. The molecule has 1 atom stereocenters. The zero-order chi connectivity index (χ0) is 23.7. The number of nitrogens with zero attached hydrogens (tertiary/aromatic N) is 1. The summed E-state index contributed by atoms with van der Waals surface area (Å²) in [4.78, 5) is 39.8. The number of nitrogens with one attached hydrogen (secondary N) is 2. The zero-order valence-corrected chi connectivity index (χ0v) is 19.5. The number of rotatable bonds is 8. The lowest BCUT2D eigenvalue weighted by Crippen LogP contribution is -2.47. The standard InChI is InChI=1S/C25H33N3O4/c1-6-28(21(29)17-27-24(31)32-25(3,4)5)22(20-15-11-10-12-18(20)2)23(30)26-16-19-13-8-7-9-14-19/h7-15,22H,6,16-17H2,1-5H3,(H,26,30)(H,27,31). The first-order valence-corrected chi connectivity index (χ1v) is 10.8. The molecule has 172 valence electrons. The summed E-state index contributed by atoms with van der Waals surface area (Å²) in [5.41, 5.74) is 1.94. The van der Waals surface area contributed by atoms with Crippen molar-refractivity contribution in [2.45, 2.75) is 52.8 Å². The molecular formula is C25H33N3O4. The smallest absolute Gasteiger partial charge is 0.408 e. The van der Waals surface area contributed by atoms with E-state index in [1.807, 2.05) is 61.5 Å². The number of hydrogen-bond acceptors (Lipinski definition) is 4. The van der Waals surface area contributed by atoms with Gasteiger partial charge in [-0.25, -0.2) is 4.79 Å². The first-order valence-electron chi connectivity index (χ1n) is 10.8. The molecule has 0 heterocycles. The Labute approximate surface area is 190 Å². The fraction of sp³-hybridized carbons (Fsp3) is 0.400. The first kappa shape index (κ1) is 24.9. The first-order chi connectivity index (χ1) is 15.1. The van der Waals surface area contributed by atoms with Crippen molar-refractivity contribution in [3.8, 4) is 0 Å². The average molecular weight is 440 g/mol. The maximum absolute atomic E-state index is 13.3. The van der Waals surface area contributed by atoms with E-state index in [1.54, 1.807) is 27.7 Å². The molecular weight excluding hydrogens is 406 g/mol. The van der Waals surface area contributed by atoms with Crippen LogP contribution >= 0.6 is 0 Å². The van der Waals surface area contributed by atoms with Crippen molar-refractivity contribution < 1.29 is 19.1 Å². The molecule has 0 aliphatic carbocycles. The van der Waals surface area contributed by atoms with Crippen LogP contribution in [0.2, 0.25) is 0 Å². The summed E-state index contributed by atoms with van der Waals surface area (Å²) in [6, 6.07) is 16.2. The van der Waals surface area contributed by atoms with Gasteiger partial charge in [0.1, 0.15) is 18.2 Å². The second-order valence-corrected chi connectivity index (χ2v) is 8.50. The van der Waals surface area contributed by atoms with Gasteiger partial charge in [0.05, 0.1) is 0 Å². The lowest BCUT2D eigenvalue weighted by molar-refractivity contribution is -0.140. The van der Waals surface area contributed by atoms with Crippen LogP contribution in [0.3, 0.4) is 0 Å². The van der Waals surface area contributed by atoms with Crippen molar-refractivity contribution in [2.75, 3.05) is 13.1 Å². The predicted octanol–water partition coefficient (Wildman–Crippen LogP) is 3.73. The fourth-order valence-corrected chi connectivity index (χ4v) is 3.29. The van der Waals surface area contributed by atoms with Crippen LogP contribution in [0.1, 0.15) is 50.4 Å². The Hall–Kier alpha value is -3.35. The largest absolute Gasteiger partial charge is 0.444 e. The van der Waals surface area contributed by atoms with Gasteiger partial charge in [-0.2, -0.15) is 0 Å². The molecule has 2 aromatic carbocycles. The minimum Gasteiger partial charge on any atom is -0.444 e. The molecule has 32 heavy (non-hydrogen) atoms. The summed E-state index contributed by atoms with van der Waals surface area (Å²) >= 11 is 0. The second kappa shape index (κ2) is 11.3. The quantitative estimate of drug-likeness (QED) is 0.656. The van der Waals surface area contributed by atoms with Crippen LogP contribution in [0.15, 0.2) is 54.6 Å². The van der Waals surface area contributed by atoms with Crippen LogP contribution in [-0.4, -0.2) is 41.5 Å². The highest BCUT2D eigenvalue weighted by molar-refractivity contribution is 5.90. The Bertz CT molecular complexity index is 922. The number of likely N-dealkylation sites (N-methyl/N-ethyl adjacent to an activating group) is 1. The lowest BCUT2D eigenvalue weighted by atomic mass is 9.98. The zero-order valence-electron chi connectivity index (χ0n) is 19.5. The van der Waals surface area contributed by atoms with Crippen molar-refractivity contribution in [3.05, 3.63) is 71.3 Å². The van der Waals surface area contributed by atoms with Crippen LogP contribution in [0.4, 0.5) is 4.79 Å². The topological polar surface area (TPSA) is 87.7 Å². The number of benzene rings is 2. The Morgan fingerprint density at radius 3 is 2.19 bits per heavy atom. The summed E-state index contributed by atoms with van der Waals surface area (Å²) in [6.45, 7) is 9.34. The SMILES string of the molecule is CCN(C(=O)CNC(=O)OC(C)(C)C)C(C(=O)NCc1ccccc1)c1ccccc1C. The van der Waals surface area contributed by atoms with E-state index in [-0.39, 0.29) is 18.4 Å². The highest BCUT2D eigenvalue weighted by Gasteiger charge is 2.31. The monoisotopic (exact) mass is 439 g/mol. The van der Waals surface area contributed by atoms with Crippen LogP contribution < -0.4 is 10.6 Å². The predicted molar refractivity (Wildman–Crippen MR) is 124 cm³/mol. The molecule has 0 spiro atoms. The van der Waals surface area contributed by atoms with Gasteiger partial charge < -0.3 is 20.3 Å². The number of aryl methyl sites for hydroxylation is 1. The Balaban J connectivity index is 2.20. The van der Waals surface area contributed by atoms with Gasteiger partial charge in [-0.1, -0.05) is 54.6 Å². The van der Waals surface area contributed by atoms with Crippen molar-refractivity contribution in [1.82, 2.24) is 15.5 Å². The van der Waals surface area contributed by atoms with Crippen molar-refractivity contribution in [1.29, 1.82) is 0 Å². The number of hydrogen-bond donors (Lipinski definition) is 2. The molecule has 2 rings (SSSR count). The van der Waals surface area contributed by atoms with E-state index in [1.165, 1.54) is 4.90 Å². The molecule has 3 amide bonds.